The number of para-hydroxylation sites is 1. The number of hydrogen-bond acceptors (Lipinski definition) is 7. The first-order valence-electron chi connectivity index (χ1n) is 10.2. The third-order valence-electron chi connectivity index (χ3n) is 4.45. The second-order valence-corrected chi connectivity index (χ2v) is 7.84. The zero-order valence-corrected chi connectivity index (χ0v) is 19.4. The van der Waals surface area contributed by atoms with Crippen LogP contribution in [0.3, 0.4) is 0 Å². The Balaban J connectivity index is 1.55. The second-order valence-electron chi connectivity index (χ2n) is 7.02. The molecule has 0 saturated carbocycles. The molecule has 7 nitrogen and oxygen atoms in total. The maximum absolute atomic E-state index is 13.2. The van der Waals surface area contributed by atoms with E-state index in [9.17, 15) is 8.78 Å². The predicted octanol–water partition coefficient (Wildman–Crippen LogP) is 6.70. The topological polar surface area (TPSA) is 86.6 Å². The van der Waals surface area contributed by atoms with Crippen LogP contribution in [0, 0.1) is 11.6 Å². The van der Waals surface area contributed by atoms with Crippen molar-refractivity contribution in [2.75, 3.05) is 16.2 Å². The fourth-order valence-electron chi connectivity index (χ4n) is 2.83. The van der Waals surface area contributed by atoms with Crippen LogP contribution < -0.4 is 16.2 Å². The average molecular weight is 512 g/mol. The molecule has 0 unspecified atom stereocenters. The van der Waals surface area contributed by atoms with Crippen LogP contribution >= 0.6 is 23.2 Å². The lowest BCUT2D eigenvalue weighted by Gasteiger charge is -2.09. The summed E-state index contributed by atoms with van der Waals surface area (Å²) in [6.07, 6.45) is 2.86. The van der Waals surface area contributed by atoms with E-state index >= 15 is 0 Å². The van der Waals surface area contributed by atoms with Crippen LogP contribution in [0.4, 0.5) is 32.1 Å². The number of nitrogens with zero attached hydrogens (tertiary/aromatic N) is 4. The first-order valence-corrected chi connectivity index (χ1v) is 10.9. The van der Waals surface area contributed by atoms with Gasteiger partial charge in [0.05, 0.1) is 22.5 Å². The predicted molar refractivity (Wildman–Crippen MR) is 137 cm³/mol. The van der Waals surface area contributed by atoms with Gasteiger partial charge in [-0.15, -0.1) is 0 Å². The largest absolute Gasteiger partial charge is 0.340 e. The second kappa shape index (κ2) is 11.4. The molecular formula is C24H17Cl2F2N7. The molecule has 0 bridgehead atoms. The summed E-state index contributed by atoms with van der Waals surface area (Å²) < 4.78 is 26.5. The third-order valence-corrected chi connectivity index (χ3v) is 5.10. The van der Waals surface area contributed by atoms with E-state index in [2.05, 4.69) is 36.3 Å². The minimum Gasteiger partial charge on any atom is -0.340 e. The normalized spacial score (nSPS) is 11.2. The van der Waals surface area contributed by atoms with Gasteiger partial charge in [-0.25, -0.2) is 14.2 Å². The number of benzene rings is 3. The highest BCUT2D eigenvalue weighted by Crippen LogP contribution is 2.20. The van der Waals surface area contributed by atoms with Gasteiger partial charge in [0.25, 0.3) is 0 Å². The lowest BCUT2D eigenvalue weighted by molar-refractivity contribution is 0.627. The number of hydrazone groups is 2. The number of aromatic nitrogens is 2. The summed E-state index contributed by atoms with van der Waals surface area (Å²) in [5.74, 6) is 0.0663. The van der Waals surface area contributed by atoms with E-state index < -0.39 is 11.6 Å². The first-order chi connectivity index (χ1) is 17.0. The molecule has 0 aliphatic carbocycles. The van der Waals surface area contributed by atoms with Crippen molar-refractivity contribution < 1.29 is 8.78 Å². The van der Waals surface area contributed by atoms with Gasteiger partial charge in [0.1, 0.15) is 17.5 Å². The van der Waals surface area contributed by atoms with Gasteiger partial charge < -0.3 is 5.32 Å². The molecule has 0 amide bonds. The van der Waals surface area contributed by atoms with Gasteiger partial charge in [-0.05, 0) is 48.5 Å². The summed E-state index contributed by atoms with van der Waals surface area (Å²) >= 11 is 12.1. The molecule has 176 valence electrons. The maximum Gasteiger partial charge on any atom is 0.247 e. The molecule has 4 rings (SSSR count). The quantitative estimate of drug-likeness (QED) is 0.181. The van der Waals surface area contributed by atoms with Crippen LogP contribution in [-0.2, 0) is 0 Å². The van der Waals surface area contributed by atoms with E-state index in [-0.39, 0.29) is 16.0 Å². The van der Waals surface area contributed by atoms with Crippen molar-refractivity contribution in [3.8, 4) is 0 Å². The monoisotopic (exact) mass is 511 g/mol. The minimum absolute atomic E-state index is 0.151. The van der Waals surface area contributed by atoms with Crippen molar-refractivity contribution in [1.82, 2.24) is 9.97 Å². The van der Waals surface area contributed by atoms with E-state index in [0.717, 1.165) is 5.69 Å². The Bertz CT molecular complexity index is 1300. The Morgan fingerprint density at radius 1 is 0.686 bits per heavy atom. The van der Waals surface area contributed by atoms with Gasteiger partial charge in [0.2, 0.25) is 5.95 Å². The van der Waals surface area contributed by atoms with Crippen molar-refractivity contribution in [1.29, 1.82) is 0 Å². The maximum atomic E-state index is 13.2. The summed E-state index contributed by atoms with van der Waals surface area (Å²) in [6, 6.07) is 19.0. The van der Waals surface area contributed by atoms with Crippen LogP contribution in [0.25, 0.3) is 0 Å². The summed E-state index contributed by atoms with van der Waals surface area (Å²) in [6.45, 7) is 0. The molecule has 0 atom stereocenters. The van der Waals surface area contributed by atoms with Gasteiger partial charge in [-0.2, -0.15) is 20.2 Å². The Hall–Kier alpha value is -4.08. The van der Waals surface area contributed by atoms with Gasteiger partial charge in [0, 0.05) is 22.9 Å². The molecule has 0 fully saturated rings. The van der Waals surface area contributed by atoms with Crippen molar-refractivity contribution in [3.63, 3.8) is 0 Å². The van der Waals surface area contributed by atoms with Gasteiger partial charge in [-0.3, -0.25) is 5.43 Å². The molecule has 0 aliphatic heterocycles. The third kappa shape index (κ3) is 6.95. The number of halogens is 4. The molecular weight excluding hydrogens is 495 g/mol. The number of hydrogen-bond donors (Lipinski definition) is 3. The summed E-state index contributed by atoms with van der Waals surface area (Å²) in [5, 5.41) is 11.8. The zero-order chi connectivity index (χ0) is 24.6. The number of anilines is 4. The Morgan fingerprint density at radius 3 is 1.86 bits per heavy atom. The molecule has 1 heterocycles. The summed E-state index contributed by atoms with van der Waals surface area (Å²) in [5.41, 5.74) is 7.37. The van der Waals surface area contributed by atoms with Crippen LogP contribution in [0.1, 0.15) is 11.1 Å². The molecule has 4 aromatic rings. The van der Waals surface area contributed by atoms with Gasteiger partial charge in [0.15, 0.2) is 5.82 Å². The Kier molecular flexibility index (Phi) is 7.81. The smallest absolute Gasteiger partial charge is 0.247 e. The van der Waals surface area contributed by atoms with E-state index in [4.69, 9.17) is 23.2 Å². The van der Waals surface area contributed by atoms with Crippen molar-refractivity contribution in [2.24, 2.45) is 10.2 Å². The lowest BCUT2D eigenvalue weighted by atomic mass is 10.2. The van der Waals surface area contributed by atoms with Crippen LogP contribution in [0.2, 0.25) is 10.0 Å². The number of rotatable bonds is 8. The fraction of sp³-hybridized carbons (Fsp3) is 0. The molecule has 11 heteroatoms. The standard InChI is InChI=1S/C24H17Cl2F2N7/c25-20-10-17(27)8-6-15(20)13-29-34-23-12-22(31-19-4-2-1-3-5-19)32-24(33-23)35-30-14-16-7-9-18(28)11-21(16)26/h1-14H,(H3,31,32,33,34,35). The molecule has 0 spiro atoms. The lowest BCUT2D eigenvalue weighted by Crippen LogP contribution is -2.04. The fourth-order valence-corrected chi connectivity index (χ4v) is 3.26. The van der Waals surface area contributed by atoms with Crippen LogP contribution in [0.15, 0.2) is 83.0 Å². The van der Waals surface area contributed by atoms with Crippen molar-refractivity contribution in [2.45, 2.75) is 0 Å². The Morgan fingerprint density at radius 2 is 1.26 bits per heavy atom. The van der Waals surface area contributed by atoms with Gasteiger partial charge in [-0.1, -0.05) is 41.4 Å². The van der Waals surface area contributed by atoms with E-state index in [1.54, 1.807) is 6.07 Å². The number of nitrogens with one attached hydrogen (secondary N) is 3. The van der Waals surface area contributed by atoms with E-state index in [1.807, 2.05) is 30.3 Å². The average Bonchev–Trinajstić information content (AvgIpc) is 2.82. The van der Waals surface area contributed by atoms with Crippen LogP contribution in [-0.4, -0.2) is 22.4 Å². The minimum atomic E-state index is -0.443. The molecule has 1 aromatic heterocycles. The van der Waals surface area contributed by atoms with E-state index in [1.165, 1.54) is 48.8 Å². The highest BCUT2D eigenvalue weighted by atomic mass is 35.5. The summed E-state index contributed by atoms with van der Waals surface area (Å²) in [7, 11) is 0. The summed E-state index contributed by atoms with van der Waals surface area (Å²) in [4.78, 5) is 8.72. The molecule has 0 aliphatic rings. The van der Waals surface area contributed by atoms with Crippen LogP contribution in [0.5, 0.6) is 0 Å². The first kappa shape index (κ1) is 24.1. The van der Waals surface area contributed by atoms with Gasteiger partial charge >= 0.3 is 0 Å². The highest BCUT2D eigenvalue weighted by Gasteiger charge is 2.06. The van der Waals surface area contributed by atoms with E-state index in [0.29, 0.717) is 22.8 Å². The highest BCUT2D eigenvalue weighted by molar-refractivity contribution is 6.33. The molecule has 0 radical (unpaired) electrons. The molecule has 3 N–H and O–H groups in total. The van der Waals surface area contributed by atoms with Crippen molar-refractivity contribution >= 4 is 58.9 Å². The Labute approximate surface area is 209 Å². The molecule has 35 heavy (non-hydrogen) atoms. The molecule has 0 saturated heterocycles. The molecule has 3 aromatic carbocycles. The SMILES string of the molecule is Fc1ccc(C=NNc2cc(Nc3ccccc3)nc(NN=Cc3ccc(F)cc3Cl)n2)c(Cl)c1. The zero-order valence-electron chi connectivity index (χ0n) is 17.9. The van der Waals surface area contributed by atoms with Crippen molar-refractivity contribution in [3.05, 3.63) is 106 Å².